The van der Waals surface area contributed by atoms with Gasteiger partial charge in [-0.1, -0.05) is 80.0 Å². The van der Waals surface area contributed by atoms with Crippen molar-refractivity contribution in [3.05, 3.63) is 23.3 Å². The predicted octanol–water partition coefficient (Wildman–Crippen LogP) is 0.343. The van der Waals surface area contributed by atoms with E-state index >= 15 is 0 Å². The lowest BCUT2D eigenvalue weighted by atomic mass is 9.32. The maximum Gasteiger partial charge on any atom is 0.335 e. The minimum atomic E-state index is -2.12. The van der Waals surface area contributed by atoms with Crippen molar-refractivity contribution in [1.29, 1.82) is 0 Å². The molecule has 27 atom stereocenters. The van der Waals surface area contributed by atoms with E-state index in [1.165, 1.54) is 0 Å². The van der Waals surface area contributed by atoms with Crippen molar-refractivity contribution < 1.29 is 114 Å². The Kier molecular flexibility index (Phi) is 18.1. The number of allylic oxidation sites excluding steroid dienone is 2. The Hall–Kier alpha value is -2.79. The number of carboxylic acids is 1. The molecule has 8 aliphatic rings. The number of aliphatic hydroxyl groups is 11. The molecule has 7 fully saturated rings. The lowest BCUT2D eigenvalue weighted by Gasteiger charge is -2.73. The summed E-state index contributed by atoms with van der Waals surface area (Å²) in [7, 11) is 0. The van der Waals surface area contributed by atoms with Gasteiger partial charge in [0, 0.05) is 16.4 Å². The number of ether oxygens (including phenoxy) is 8. The zero-order chi connectivity index (χ0) is 59.3. The van der Waals surface area contributed by atoms with E-state index in [-0.39, 0.29) is 11.8 Å². The molecule has 456 valence electrons. The van der Waals surface area contributed by atoms with Gasteiger partial charge in [-0.2, -0.15) is 0 Å². The van der Waals surface area contributed by atoms with Crippen molar-refractivity contribution in [2.24, 2.45) is 56.2 Å². The van der Waals surface area contributed by atoms with Crippen LogP contribution in [0.3, 0.4) is 0 Å². The number of aliphatic hydroxyl groups excluding tert-OH is 11. The molecule has 4 saturated carbocycles. The van der Waals surface area contributed by atoms with Crippen LogP contribution in [0.1, 0.15) is 121 Å². The number of aliphatic carboxylic acids is 1. The summed E-state index contributed by atoms with van der Waals surface area (Å²) in [6, 6.07) is 0. The molecule has 5 aliphatic carbocycles. The van der Waals surface area contributed by atoms with Crippen LogP contribution in [0, 0.1) is 56.2 Å². The molecule has 0 bridgehead atoms. The van der Waals surface area contributed by atoms with Crippen molar-refractivity contribution >= 4 is 17.9 Å². The molecule has 80 heavy (non-hydrogen) atoms. The lowest BCUT2D eigenvalue weighted by Crippen LogP contribution is -2.76. The first kappa shape index (κ1) is 63.2. The van der Waals surface area contributed by atoms with Crippen LogP contribution in [0.2, 0.25) is 0 Å². The Morgan fingerprint density at radius 2 is 1.31 bits per heavy atom. The molecule has 8 rings (SSSR count). The van der Waals surface area contributed by atoms with Crippen LogP contribution in [0.5, 0.6) is 0 Å². The van der Waals surface area contributed by atoms with E-state index in [0.29, 0.717) is 50.5 Å². The molecule has 0 aromatic carbocycles. The molecular formula is C57H90O23. The van der Waals surface area contributed by atoms with E-state index in [0.717, 1.165) is 5.57 Å². The fourth-order valence-electron chi connectivity index (χ4n) is 16.3. The minimum absolute atomic E-state index is 0.146. The second kappa shape index (κ2) is 22.9. The molecule has 3 heterocycles. The zero-order valence-corrected chi connectivity index (χ0v) is 47.9. The molecule has 0 aromatic heterocycles. The number of carboxylic acid groups (broad SMARTS) is 1. The Morgan fingerprint density at radius 1 is 0.725 bits per heavy atom. The van der Waals surface area contributed by atoms with Crippen molar-refractivity contribution in [3.8, 4) is 0 Å². The number of esters is 2. The molecule has 9 unspecified atom stereocenters. The van der Waals surface area contributed by atoms with Crippen molar-refractivity contribution in [1.82, 2.24) is 0 Å². The average molecular weight is 1140 g/mol. The fraction of sp³-hybridized carbons (Fsp3) is 0.877. The standard InChI is InChI=1S/C57H90O23/c1-12-24(3)47(71)73-23-57-27(20-52(5,6)45(44(57)68)80-48(72)25(4)13-2)26-14-15-31-54(9)18-17-32(53(7,8)30(54)16-19-55(31,10)56(26,11)42(66)43(57)67)76-51-41(79-50-37(64)35(62)33(60)28(21-58)74-50)39(38(65)40(78-51)46(69)70)77-49-36(63)34(61)29(22-59)75-49/h13-14,24,27-45,49-51,58-68H,12,15-23H2,1-11H3,(H,69,70)/b25-13-/t24?,27?,28?,29-,30?,31?,32+,33+,34?,35+,36+,37?,38-,39+,40?,41?,42+,43-,44+,45+,49+,50+,51-,54+,55-,56+,57+/m1/s1. The first-order valence-electron chi connectivity index (χ1n) is 28.5. The first-order valence-corrected chi connectivity index (χ1v) is 28.5. The van der Waals surface area contributed by atoms with Crippen molar-refractivity contribution in [2.45, 2.75) is 238 Å². The molecule has 0 aromatic rings. The van der Waals surface area contributed by atoms with Gasteiger partial charge in [0.1, 0.15) is 79.9 Å². The van der Waals surface area contributed by atoms with E-state index in [4.69, 9.17) is 37.9 Å². The average Bonchev–Trinajstić information content (AvgIpc) is 1.93. The van der Waals surface area contributed by atoms with Gasteiger partial charge in [-0.05, 0) is 92.8 Å². The molecule has 0 spiro atoms. The highest BCUT2D eigenvalue weighted by atomic mass is 16.8. The van der Waals surface area contributed by atoms with Gasteiger partial charge in [0.05, 0.1) is 42.9 Å². The highest BCUT2D eigenvalue weighted by Crippen LogP contribution is 2.76. The molecule has 23 heteroatoms. The van der Waals surface area contributed by atoms with E-state index in [1.54, 1.807) is 26.8 Å². The third-order valence-corrected chi connectivity index (χ3v) is 21.6. The van der Waals surface area contributed by atoms with Gasteiger partial charge in [-0.25, -0.2) is 9.59 Å². The van der Waals surface area contributed by atoms with E-state index in [9.17, 15) is 75.7 Å². The monoisotopic (exact) mass is 1140 g/mol. The van der Waals surface area contributed by atoms with Crippen LogP contribution in [0.15, 0.2) is 23.3 Å². The summed E-state index contributed by atoms with van der Waals surface area (Å²) < 4.78 is 48.6. The van der Waals surface area contributed by atoms with Crippen molar-refractivity contribution in [3.63, 3.8) is 0 Å². The van der Waals surface area contributed by atoms with E-state index in [1.807, 2.05) is 41.5 Å². The Balaban J connectivity index is 1.13. The third-order valence-electron chi connectivity index (χ3n) is 21.6. The second-order valence-electron chi connectivity index (χ2n) is 26.4. The number of rotatable bonds is 15. The maximum atomic E-state index is 13.5. The van der Waals surface area contributed by atoms with Gasteiger partial charge >= 0.3 is 17.9 Å². The number of fused-ring (bicyclic) bond motifs is 7. The largest absolute Gasteiger partial charge is 0.479 e. The fourth-order valence-corrected chi connectivity index (χ4v) is 16.3. The predicted molar refractivity (Wildman–Crippen MR) is 277 cm³/mol. The van der Waals surface area contributed by atoms with E-state index in [2.05, 4.69) is 19.9 Å². The summed E-state index contributed by atoms with van der Waals surface area (Å²) in [6.45, 7) is 19.0. The van der Waals surface area contributed by atoms with Gasteiger partial charge in [0.25, 0.3) is 0 Å². The summed E-state index contributed by atoms with van der Waals surface area (Å²) in [6.07, 6.45) is -25.1. The summed E-state index contributed by atoms with van der Waals surface area (Å²) >= 11 is 0. The zero-order valence-electron chi connectivity index (χ0n) is 47.9. The minimum Gasteiger partial charge on any atom is -0.479 e. The molecule has 3 saturated heterocycles. The van der Waals surface area contributed by atoms with Crippen LogP contribution < -0.4 is 0 Å². The highest BCUT2D eigenvalue weighted by molar-refractivity contribution is 5.87. The summed E-state index contributed by atoms with van der Waals surface area (Å²) in [4.78, 5) is 39.8. The molecule has 0 radical (unpaired) electrons. The Labute approximate surface area is 467 Å². The van der Waals surface area contributed by atoms with Gasteiger partial charge in [0.2, 0.25) is 0 Å². The van der Waals surface area contributed by atoms with E-state index < -0.39 is 199 Å². The first-order chi connectivity index (χ1) is 37.3. The van der Waals surface area contributed by atoms with Crippen LogP contribution in [0.25, 0.3) is 0 Å². The van der Waals surface area contributed by atoms with Gasteiger partial charge < -0.3 is 99.2 Å². The number of carbonyl (C=O) groups excluding carboxylic acids is 2. The summed E-state index contributed by atoms with van der Waals surface area (Å²) in [5.41, 5.74) is -4.55. The highest BCUT2D eigenvalue weighted by Gasteiger charge is 2.76. The third kappa shape index (κ3) is 9.93. The molecule has 3 aliphatic heterocycles. The van der Waals surface area contributed by atoms with Gasteiger partial charge in [-0.15, -0.1) is 0 Å². The quantitative estimate of drug-likeness (QED) is 0.0455. The number of hydrogen-bond acceptors (Lipinski definition) is 22. The topological polar surface area (TPSA) is 368 Å². The second-order valence-corrected chi connectivity index (χ2v) is 26.4. The molecular weight excluding hydrogens is 1050 g/mol. The van der Waals surface area contributed by atoms with Crippen LogP contribution in [0.4, 0.5) is 0 Å². The Bertz CT molecular complexity index is 2330. The SMILES string of the molecule is C/C=C(/C)C(=O)O[C@H]1[C@H](O)[C@@]2(COC(=O)C(C)CC)C(CC1(C)C)C1=CCC3[C@@]4(C)CC[C@H](O[C@@H]5OC(C(=O)O)[C@H](O)[C@H](O[C@@H]6O[C@H](CO)C(O)[C@@H]6O)C5O[C@@H]5OC(CO)[C@H](O)[C@H](O)C5O)C(C)(C)C4CC[C@@]3(C)[C@]1(C)[C@@H](O)[C@H]2O. The normalized spacial score (nSPS) is 49.2. The smallest absolute Gasteiger partial charge is 0.335 e. The van der Waals surface area contributed by atoms with Crippen molar-refractivity contribution in [2.75, 3.05) is 19.8 Å². The molecule has 12 N–H and O–H groups in total. The van der Waals surface area contributed by atoms with Crippen LogP contribution in [-0.4, -0.2) is 216 Å². The van der Waals surface area contributed by atoms with Crippen LogP contribution >= 0.6 is 0 Å². The Morgan fingerprint density at radius 3 is 1.89 bits per heavy atom. The summed E-state index contributed by atoms with van der Waals surface area (Å²) in [5.74, 6) is -4.27. The number of carbonyl (C=O) groups is 3. The van der Waals surface area contributed by atoms with Gasteiger partial charge in [-0.3, -0.25) is 4.79 Å². The molecule has 0 amide bonds. The molecule has 23 nitrogen and oxygen atoms in total. The maximum absolute atomic E-state index is 13.5. The summed E-state index contributed by atoms with van der Waals surface area (Å²) in [5, 5.41) is 135. The lowest BCUT2D eigenvalue weighted by molar-refractivity contribution is -0.386. The number of hydrogen-bond donors (Lipinski definition) is 12. The van der Waals surface area contributed by atoms with Crippen LogP contribution in [-0.2, 0) is 52.3 Å². The van der Waals surface area contributed by atoms with Gasteiger partial charge in [0.15, 0.2) is 25.0 Å².